The van der Waals surface area contributed by atoms with Crippen LogP contribution < -0.4 is 5.32 Å². The minimum atomic E-state index is -0.219. The van der Waals surface area contributed by atoms with Gasteiger partial charge in [-0.25, -0.2) is 0 Å². The lowest BCUT2D eigenvalue weighted by Crippen LogP contribution is -2.23. The maximum Gasteiger partial charge on any atom is 0.276 e. The maximum absolute atomic E-state index is 10.9. The van der Waals surface area contributed by atoms with Crippen LogP contribution in [0, 0.1) is 0 Å². The summed E-state index contributed by atoms with van der Waals surface area (Å²) in [6, 6.07) is 5.44. The highest BCUT2D eigenvalue weighted by atomic mass is 16.5. The van der Waals surface area contributed by atoms with Crippen molar-refractivity contribution in [3.05, 3.63) is 42.9 Å². The summed E-state index contributed by atoms with van der Waals surface area (Å²) >= 11 is 0. The van der Waals surface area contributed by atoms with Gasteiger partial charge in [0.2, 0.25) is 5.91 Å². The van der Waals surface area contributed by atoms with Crippen LogP contribution in [0.5, 0.6) is 0 Å². The fourth-order valence-corrected chi connectivity index (χ4v) is 1.32. The van der Waals surface area contributed by atoms with Gasteiger partial charge in [-0.1, -0.05) is 17.8 Å². The summed E-state index contributed by atoms with van der Waals surface area (Å²) < 4.78 is 5.08. The maximum atomic E-state index is 10.9. The van der Waals surface area contributed by atoms with Crippen molar-refractivity contribution < 1.29 is 9.32 Å². The molecule has 0 unspecified atom stereocenters. The van der Waals surface area contributed by atoms with E-state index in [1.807, 2.05) is 12.1 Å². The smallest absolute Gasteiger partial charge is 0.276 e. The predicted octanol–water partition coefficient (Wildman–Crippen LogP) is 0.976. The summed E-state index contributed by atoms with van der Waals surface area (Å²) in [5, 5.41) is 6.45. The molecule has 0 aliphatic heterocycles. The van der Waals surface area contributed by atoms with E-state index in [0.29, 0.717) is 30.4 Å². The van der Waals surface area contributed by atoms with E-state index >= 15 is 0 Å². The first-order chi connectivity index (χ1) is 8.79. The van der Waals surface area contributed by atoms with E-state index in [4.69, 9.17) is 4.52 Å². The van der Waals surface area contributed by atoms with E-state index in [9.17, 15) is 4.79 Å². The topological polar surface area (TPSA) is 80.9 Å². The number of amides is 1. The Balaban J connectivity index is 1.95. The van der Waals surface area contributed by atoms with Gasteiger partial charge in [-0.3, -0.25) is 9.78 Å². The van der Waals surface area contributed by atoms with E-state index in [2.05, 4.69) is 27.0 Å². The summed E-state index contributed by atoms with van der Waals surface area (Å²) in [5.74, 6) is 0.684. The van der Waals surface area contributed by atoms with Crippen molar-refractivity contribution in [2.45, 2.75) is 6.42 Å². The average Bonchev–Trinajstić information content (AvgIpc) is 2.88. The molecule has 0 bridgehead atoms. The van der Waals surface area contributed by atoms with E-state index in [1.165, 1.54) is 6.08 Å². The van der Waals surface area contributed by atoms with Gasteiger partial charge in [-0.2, -0.15) is 4.98 Å². The molecule has 2 aromatic rings. The summed E-state index contributed by atoms with van der Waals surface area (Å²) in [7, 11) is 0. The number of carbonyl (C=O) groups is 1. The van der Waals surface area contributed by atoms with Crippen LogP contribution in [0.2, 0.25) is 0 Å². The highest BCUT2D eigenvalue weighted by molar-refractivity contribution is 5.86. The normalized spacial score (nSPS) is 10.0. The molecule has 0 saturated heterocycles. The van der Waals surface area contributed by atoms with Crippen LogP contribution >= 0.6 is 0 Å². The fourth-order valence-electron chi connectivity index (χ4n) is 1.32. The first kappa shape index (κ1) is 12.0. The van der Waals surface area contributed by atoms with E-state index < -0.39 is 0 Å². The molecule has 2 aromatic heterocycles. The van der Waals surface area contributed by atoms with Gasteiger partial charge >= 0.3 is 0 Å². The number of pyridine rings is 1. The molecule has 0 saturated carbocycles. The van der Waals surface area contributed by atoms with Gasteiger partial charge in [0.05, 0.1) is 0 Å². The molecule has 2 rings (SSSR count). The van der Waals surface area contributed by atoms with Crippen LogP contribution in [0.1, 0.15) is 5.82 Å². The molecular weight excluding hydrogens is 232 g/mol. The quantitative estimate of drug-likeness (QED) is 0.793. The number of nitrogens with zero attached hydrogens (tertiary/aromatic N) is 3. The molecule has 18 heavy (non-hydrogen) atoms. The van der Waals surface area contributed by atoms with Crippen molar-refractivity contribution in [3.63, 3.8) is 0 Å². The molecule has 0 spiro atoms. The molecule has 0 radical (unpaired) electrons. The zero-order valence-corrected chi connectivity index (χ0v) is 9.67. The molecule has 0 atom stereocenters. The van der Waals surface area contributed by atoms with Crippen molar-refractivity contribution in [1.82, 2.24) is 20.4 Å². The standard InChI is InChI=1S/C12H12N4O2/c1-2-11(17)14-8-6-10-15-12(18-16-10)9-5-3-4-7-13-9/h2-5,7H,1,6,8H2,(H,14,17). The first-order valence-corrected chi connectivity index (χ1v) is 5.44. The van der Waals surface area contributed by atoms with E-state index in [0.717, 1.165) is 0 Å². The van der Waals surface area contributed by atoms with Crippen molar-refractivity contribution >= 4 is 5.91 Å². The Hall–Kier alpha value is -2.50. The predicted molar refractivity (Wildman–Crippen MR) is 64.4 cm³/mol. The monoisotopic (exact) mass is 244 g/mol. The Morgan fingerprint density at radius 3 is 3.11 bits per heavy atom. The number of nitrogens with one attached hydrogen (secondary N) is 1. The number of hydrogen-bond donors (Lipinski definition) is 1. The zero-order chi connectivity index (χ0) is 12.8. The van der Waals surface area contributed by atoms with Crippen molar-refractivity contribution in [3.8, 4) is 11.6 Å². The van der Waals surface area contributed by atoms with Crippen LogP contribution in [0.15, 0.2) is 41.6 Å². The summed E-state index contributed by atoms with van der Waals surface area (Å²) in [4.78, 5) is 19.2. The number of hydrogen-bond acceptors (Lipinski definition) is 5. The van der Waals surface area contributed by atoms with Crippen LogP contribution in [0.3, 0.4) is 0 Å². The molecule has 6 heteroatoms. The van der Waals surface area contributed by atoms with Gasteiger partial charge in [0.25, 0.3) is 5.89 Å². The molecule has 2 heterocycles. The van der Waals surface area contributed by atoms with Gasteiger partial charge in [0.15, 0.2) is 5.82 Å². The highest BCUT2D eigenvalue weighted by Crippen LogP contribution is 2.12. The third-order valence-electron chi connectivity index (χ3n) is 2.19. The van der Waals surface area contributed by atoms with Crippen LogP contribution in [0.25, 0.3) is 11.6 Å². The molecule has 0 aliphatic rings. The summed E-state index contributed by atoms with van der Waals surface area (Å²) in [5.41, 5.74) is 0.631. The summed E-state index contributed by atoms with van der Waals surface area (Å²) in [6.07, 6.45) is 3.37. The Kier molecular flexibility index (Phi) is 3.80. The fraction of sp³-hybridized carbons (Fsp3) is 0.167. The van der Waals surface area contributed by atoms with Gasteiger partial charge in [0.1, 0.15) is 5.69 Å². The van der Waals surface area contributed by atoms with Crippen molar-refractivity contribution in [2.75, 3.05) is 6.54 Å². The van der Waals surface area contributed by atoms with Gasteiger partial charge < -0.3 is 9.84 Å². The van der Waals surface area contributed by atoms with Gasteiger partial charge in [-0.05, 0) is 18.2 Å². The molecule has 92 valence electrons. The average molecular weight is 244 g/mol. The first-order valence-electron chi connectivity index (χ1n) is 5.44. The van der Waals surface area contributed by atoms with Crippen molar-refractivity contribution in [2.24, 2.45) is 0 Å². The molecule has 0 aromatic carbocycles. The molecular formula is C12H12N4O2. The minimum Gasteiger partial charge on any atom is -0.352 e. The lowest BCUT2D eigenvalue weighted by molar-refractivity contribution is -0.116. The molecule has 0 aliphatic carbocycles. The largest absolute Gasteiger partial charge is 0.352 e. The summed E-state index contributed by atoms with van der Waals surface area (Å²) in [6.45, 7) is 3.80. The highest BCUT2D eigenvalue weighted by Gasteiger charge is 2.09. The van der Waals surface area contributed by atoms with Crippen LogP contribution in [-0.2, 0) is 11.2 Å². The zero-order valence-electron chi connectivity index (χ0n) is 9.67. The van der Waals surface area contributed by atoms with Crippen molar-refractivity contribution in [1.29, 1.82) is 0 Å². The molecule has 6 nitrogen and oxygen atoms in total. The lowest BCUT2D eigenvalue weighted by atomic mass is 10.3. The number of rotatable bonds is 5. The molecule has 1 amide bonds. The second-order valence-corrected chi connectivity index (χ2v) is 3.48. The Morgan fingerprint density at radius 1 is 1.50 bits per heavy atom. The SMILES string of the molecule is C=CC(=O)NCCc1noc(-c2ccccn2)n1. The third-order valence-corrected chi connectivity index (χ3v) is 2.19. The Morgan fingerprint density at radius 2 is 2.39 bits per heavy atom. The number of carbonyl (C=O) groups excluding carboxylic acids is 1. The van der Waals surface area contributed by atoms with Gasteiger partial charge in [0, 0.05) is 19.2 Å². The third kappa shape index (κ3) is 3.00. The Labute approximate surface area is 104 Å². The molecule has 1 N–H and O–H groups in total. The second-order valence-electron chi connectivity index (χ2n) is 3.48. The molecule has 0 fully saturated rings. The Bertz CT molecular complexity index is 536. The van der Waals surface area contributed by atoms with Crippen LogP contribution in [-0.4, -0.2) is 27.6 Å². The second kappa shape index (κ2) is 5.72. The van der Waals surface area contributed by atoms with E-state index in [-0.39, 0.29) is 5.91 Å². The number of aromatic nitrogens is 3. The van der Waals surface area contributed by atoms with Crippen LogP contribution in [0.4, 0.5) is 0 Å². The van der Waals surface area contributed by atoms with Gasteiger partial charge in [-0.15, -0.1) is 0 Å². The minimum absolute atomic E-state index is 0.219. The lowest BCUT2D eigenvalue weighted by Gasteiger charge is -1.97. The van der Waals surface area contributed by atoms with E-state index in [1.54, 1.807) is 12.3 Å².